The molecule has 0 amide bonds. The van der Waals surface area contributed by atoms with E-state index in [1.807, 2.05) is 0 Å². The second kappa shape index (κ2) is 3.43. The maximum Gasteiger partial charge on any atom is 0.228 e. The van der Waals surface area contributed by atoms with Crippen LogP contribution >= 0.6 is 0 Å². The van der Waals surface area contributed by atoms with Crippen molar-refractivity contribution in [2.75, 3.05) is 6.86 Å². The second-order valence-corrected chi connectivity index (χ2v) is 2.66. The number of benzene rings is 1. The molecular weight excluding hydrogens is 159 g/mol. The van der Waals surface area contributed by atoms with Gasteiger partial charge in [0, 0.05) is 0 Å². The van der Waals surface area contributed by atoms with E-state index in [-0.39, 0.29) is 5.75 Å². The van der Waals surface area contributed by atoms with Gasteiger partial charge in [-0.15, -0.1) is 0 Å². The first-order valence-corrected chi connectivity index (χ1v) is 3.64. The second-order valence-electron chi connectivity index (χ2n) is 2.66. The van der Waals surface area contributed by atoms with Gasteiger partial charge in [-0.05, 0) is 37.1 Å². The third-order valence-electron chi connectivity index (χ3n) is 1.64. The number of alkyl halides is 1. The Morgan fingerprint density at radius 1 is 1.33 bits per heavy atom. The first-order chi connectivity index (χ1) is 5.65. The number of hydrogen-bond acceptors (Lipinski definition) is 2. The molecule has 12 heavy (non-hydrogen) atoms. The fourth-order valence-electron chi connectivity index (χ4n) is 1.21. The van der Waals surface area contributed by atoms with Gasteiger partial charge in [-0.1, -0.05) is 0 Å². The molecule has 0 aliphatic carbocycles. The van der Waals surface area contributed by atoms with Gasteiger partial charge < -0.3 is 9.84 Å². The zero-order valence-electron chi connectivity index (χ0n) is 7.10. The van der Waals surface area contributed by atoms with E-state index in [1.54, 1.807) is 13.8 Å². The minimum Gasteiger partial charge on any atom is -0.508 e. The van der Waals surface area contributed by atoms with Crippen molar-refractivity contribution in [2.24, 2.45) is 0 Å². The molecule has 1 aromatic carbocycles. The molecule has 0 aliphatic heterocycles. The highest BCUT2D eigenvalue weighted by molar-refractivity contribution is 5.45. The fourth-order valence-corrected chi connectivity index (χ4v) is 1.21. The maximum absolute atomic E-state index is 11.9. The molecule has 0 spiro atoms. The Hall–Kier alpha value is -1.25. The Kier molecular flexibility index (Phi) is 2.53. The minimum absolute atomic E-state index is 0.177. The maximum atomic E-state index is 11.9. The molecule has 0 aliphatic rings. The lowest BCUT2D eigenvalue weighted by Crippen LogP contribution is -1.95. The van der Waals surface area contributed by atoms with Gasteiger partial charge in [-0.25, -0.2) is 4.39 Å². The molecule has 0 aromatic heterocycles. The first kappa shape index (κ1) is 8.84. The van der Waals surface area contributed by atoms with Crippen LogP contribution in [0.4, 0.5) is 4.39 Å². The topological polar surface area (TPSA) is 29.5 Å². The van der Waals surface area contributed by atoms with Crippen LogP contribution in [0.3, 0.4) is 0 Å². The summed E-state index contributed by atoms with van der Waals surface area (Å²) in [4.78, 5) is 0. The highest BCUT2D eigenvalue weighted by Gasteiger charge is 2.04. The van der Waals surface area contributed by atoms with Crippen molar-refractivity contribution in [3.05, 3.63) is 23.3 Å². The van der Waals surface area contributed by atoms with Crippen LogP contribution in [0, 0.1) is 13.8 Å². The monoisotopic (exact) mass is 170 g/mol. The summed E-state index contributed by atoms with van der Waals surface area (Å²) in [5, 5.41) is 9.14. The lowest BCUT2D eigenvalue weighted by atomic mass is 10.1. The molecule has 1 N–H and O–H groups in total. The van der Waals surface area contributed by atoms with E-state index in [9.17, 15) is 4.39 Å². The minimum atomic E-state index is -0.841. The lowest BCUT2D eigenvalue weighted by Gasteiger charge is -2.08. The molecule has 2 nitrogen and oxygen atoms in total. The Labute approximate surface area is 70.6 Å². The summed E-state index contributed by atoms with van der Waals surface area (Å²) in [5.41, 5.74) is 1.48. The molecule has 66 valence electrons. The van der Waals surface area contributed by atoms with E-state index >= 15 is 0 Å². The molecule has 0 radical (unpaired) electrons. The van der Waals surface area contributed by atoms with E-state index in [1.165, 1.54) is 12.1 Å². The number of hydrogen-bond donors (Lipinski definition) is 1. The number of ether oxygens (including phenoxy) is 1. The number of aromatic hydroxyl groups is 1. The van der Waals surface area contributed by atoms with Crippen molar-refractivity contribution in [1.82, 2.24) is 0 Å². The molecule has 0 saturated carbocycles. The van der Waals surface area contributed by atoms with E-state index in [2.05, 4.69) is 0 Å². The molecule has 0 atom stereocenters. The van der Waals surface area contributed by atoms with Crippen molar-refractivity contribution < 1.29 is 14.2 Å². The summed E-state index contributed by atoms with van der Waals surface area (Å²) in [5.74, 6) is 0.687. The van der Waals surface area contributed by atoms with E-state index in [0.29, 0.717) is 5.75 Å². The molecule has 1 rings (SSSR count). The van der Waals surface area contributed by atoms with Crippen LogP contribution in [0.25, 0.3) is 0 Å². The Bertz CT molecular complexity index is 261. The largest absolute Gasteiger partial charge is 0.508 e. The zero-order chi connectivity index (χ0) is 9.14. The molecule has 3 heteroatoms. The number of phenols is 1. The highest BCUT2D eigenvalue weighted by Crippen LogP contribution is 2.27. The molecule has 0 fully saturated rings. The van der Waals surface area contributed by atoms with E-state index < -0.39 is 6.86 Å². The van der Waals surface area contributed by atoms with Gasteiger partial charge in [-0.2, -0.15) is 0 Å². The first-order valence-electron chi connectivity index (χ1n) is 3.64. The molecule has 1 aromatic rings. The Balaban J connectivity index is 3.10. The normalized spacial score (nSPS) is 9.92. The van der Waals surface area contributed by atoms with Crippen molar-refractivity contribution in [3.63, 3.8) is 0 Å². The van der Waals surface area contributed by atoms with Gasteiger partial charge in [-0.3, -0.25) is 0 Å². The van der Waals surface area contributed by atoms with Crippen molar-refractivity contribution in [3.8, 4) is 11.5 Å². The van der Waals surface area contributed by atoms with Crippen LogP contribution < -0.4 is 4.74 Å². The molecular formula is C9H11FO2. The van der Waals surface area contributed by atoms with Gasteiger partial charge in [0.1, 0.15) is 11.5 Å². The number of rotatable bonds is 2. The average molecular weight is 170 g/mol. The van der Waals surface area contributed by atoms with Crippen LogP contribution in [-0.2, 0) is 0 Å². The standard InChI is InChI=1S/C9H11FO2/c1-6-3-8(11)4-7(2)9(6)12-5-10/h3-4,11H,5H2,1-2H3. The molecule has 0 saturated heterocycles. The summed E-state index contributed by atoms with van der Waals surface area (Å²) in [7, 11) is 0. The van der Waals surface area contributed by atoms with Gasteiger partial charge in [0.2, 0.25) is 6.86 Å². The van der Waals surface area contributed by atoms with Gasteiger partial charge >= 0.3 is 0 Å². The summed E-state index contributed by atoms with van der Waals surface area (Å²) < 4.78 is 16.6. The number of phenolic OH excluding ortho intramolecular Hbond substituents is 1. The van der Waals surface area contributed by atoms with Gasteiger partial charge in [0.25, 0.3) is 0 Å². The van der Waals surface area contributed by atoms with Crippen molar-refractivity contribution in [2.45, 2.75) is 13.8 Å². The Morgan fingerprint density at radius 2 is 1.83 bits per heavy atom. The fraction of sp³-hybridized carbons (Fsp3) is 0.333. The van der Waals surface area contributed by atoms with Crippen LogP contribution in [0.1, 0.15) is 11.1 Å². The van der Waals surface area contributed by atoms with E-state index in [0.717, 1.165) is 11.1 Å². The molecule has 0 unspecified atom stereocenters. The molecule has 0 bridgehead atoms. The van der Waals surface area contributed by atoms with Gasteiger partial charge in [0.05, 0.1) is 0 Å². The molecule has 0 heterocycles. The average Bonchev–Trinajstić information content (AvgIpc) is 1.96. The number of aryl methyl sites for hydroxylation is 2. The summed E-state index contributed by atoms with van der Waals surface area (Å²) >= 11 is 0. The zero-order valence-corrected chi connectivity index (χ0v) is 7.10. The highest BCUT2D eigenvalue weighted by atomic mass is 19.1. The third kappa shape index (κ3) is 1.67. The predicted molar refractivity (Wildman–Crippen MR) is 44.2 cm³/mol. The van der Waals surface area contributed by atoms with Crippen molar-refractivity contribution in [1.29, 1.82) is 0 Å². The summed E-state index contributed by atoms with van der Waals surface area (Å²) in [6, 6.07) is 3.08. The van der Waals surface area contributed by atoms with Crippen LogP contribution in [-0.4, -0.2) is 12.0 Å². The lowest BCUT2D eigenvalue weighted by molar-refractivity contribution is 0.189. The van der Waals surface area contributed by atoms with Crippen LogP contribution in [0.15, 0.2) is 12.1 Å². The Morgan fingerprint density at radius 3 is 2.25 bits per heavy atom. The van der Waals surface area contributed by atoms with Gasteiger partial charge in [0.15, 0.2) is 0 Å². The van der Waals surface area contributed by atoms with Crippen LogP contribution in [0.2, 0.25) is 0 Å². The van der Waals surface area contributed by atoms with E-state index in [4.69, 9.17) is 9.84 Å². The van der Waals surface area contributed by atoms with Crippen LogP contribution in [0.5, 0.6) is 11.5 Å². The summed E-state index contributed by atoms with van der Waals surface area (Å²) in [6.07, 6.45) is 0. The SMILES string of the molecule is Cc1cc(O)cc(C)c1OCF. The summed E-state index contributed by atoms with van der Waals surface area (Å²) in [6.45, 7) is 2.68. The predicted octanol–water partition coefficient (Wildman–Crippen LogP) is 2.31. The third-order valence-corrected chi connectivity index (χ3v) is 1.64. The quantitative estimate of drug-likeness (QED) is 0.738. The van der Waals surface area contributed by atoms with Crippen molar-refractivity contribution >= 4 is 0 Å². The smallest absolute Gasteiger partial charge is 0.228 e. The number of halogens is 1.